The standard InChI is InChI=1S/C61H109N11O12/c1-24-26-27-39(15)51(74)50-56(79)64-42(25-2)58(81)67(18)32-47(73)68(19)44(29-34(5)6)54(77)66-48(37(11)12)55(78)65-43(28-33(3)4)53(76)62-40(16)52(75)63-41(17)57(80)69(20)45(30-35(7)8)59(82)70(21)46(31-36(9)10)60(83)71(22)49(38(13)14)61(84)72(50)23/h24,26,33-46,48-51,74H,25,27-32H2,1-23H3,(H,62,76)(H,63,75)(H,64,79)(H,65,78)(H,66,77)/b26-24+/t39-,40+,41-,42+,43+,44-,45+,46+,48-,49+,50+,51-/m1/s1. The number of likely N-dealkylation sites (N-methyl/N-ethyl adjacent to an activating group) is 6. The molecule has 0 aliphatic carbocycles. The average Bonchev–Trinajstić information content (AvgIpc) is 3.53. The van der Waals surface area contributed by atoms with E-state index in [1.54, 1.807) is 60.6 Å². The third kappa shape index (κ3) is 21.7. The van der Waals surface area contributed by atoms with Crippen molar-refractivity contribution in [1.29, 1.82) is 0 Å². The lowest BCUT2D eigenvalue weighted by Crippen LogP contribution is -2.63. The Bertz CT molecular complexity index is 2290. The summed E-state index contributed by atoms with van der Waals surface area (Å²) in [6.07, 6.45) is 3.01. The molecule has 0 bridgehead atoms. The number of aliphatic hydroxyl groups is 1. The molecule has 1 saturated heterocycles. The van der Waals surface area contributed by atoms with Gasteiger partial charge in [0.25, 0.3) is 0 Å². The SMILES string of the molecule is C/C=C/C[C@@H](C)[C@@H](O)[C@H]1C(=O)N[C@@H](CC)C(=O)N(C)CC(=O)N(C)[C@H](CC(C)C)C(=O)N[C@H](C(C)C)C(=O)N[C@@H](CC(C)C)C(=O)N[C@@H](C)C(=O)N[C@H](C)C(=O)N(C)[C@@H](CC(C)C)C(=O)N(C)[C@@H](CC(C)C)C(=O)N(C)[C@@H](C(C)C)C(=O)N1C. The van der Waals surface area contributed by atoms with Gasteiger partial charge in [0, 0.05) is 42.3 Å². The maximum absolute atomic E-state index is 15.1. The lowest BCUT2D eigenvalue weighted by molar-refractivity contribution is -0.157. The van der Waals surface area contributed by atoms with Crippen molar-refractivity contribution < 1.29 is 57.8 Å². The van der Waals surface area contributed by atoms with E-state index in [0.717, 1.165) is 9.80 Å². The summed E-state index contributed by atoms with van der Waals surface area (Å²) in [5, 5.41) is 25.7. The summed E-state index contributed by atoms with van der Waals surface area (Å²) in [7, 11) is 8.46. The highest BCUT2D eigenvalue weighted by Gasteiger charge is 2.45. The van der Waals surface area contributed by atoms with Gasteiger partial charge in [0.2, 0.25) is 65.0 Å². The molecular formula is C61H109N11O12. The summed E-state index contributed by atoms with van der Waals surface area (Å²) in [5.41, 5.74) is 0. The molecule has 84 heavy (non-hydrogen) atoms. The van der Waals surface area contributed by atoms with Gasteiger partial charge in [-0.3, -0.25) is 52.7 Å². The molecule has 480 valence electrons. The van der Waals surface area contributed by atoms with E-state index < -0.39 is 156 Å². The van der Waals surface area contributed by atoms with Crippen LogP contribution < -0.4 is 26.6 Å². The van der Waals surface area contributed by atoms with Crippen LogP contribution in [-0.4, -0.2) is 215 Å². The zero-order chi connectivity index (χ0) is 65.1. The number of aliphatic hydroxyl groups excluding tert-OH is 1. The van der Waals surface area contributed by atoms with Crippen molar-refractivity contribution in [1.82, 2.24) is 56.0 Å². The summed E-state index contributed by atoms with van der Waals surface area (Å²) in [5.74, 6) is -9.87. The molecule has 1 heterocycles. The molecule has 0 radical (unpaired) electrons. The number of carbonyl (C=O) groups excluding carboxylic acids is 11. The lowest BCUT2D eigenvalue weighted by atomic mass is 9.91. The summed E-state index contributed by atoms with van der Waals surface area (Å²) in [4.78, 5) is 166. The van der Waals surface area contributed by atoms with E-state index in [2.05, 4.69) is 26.6 Å². The molecule has 0 saturated carbocycles. The summed E-state index contributed by atoms with van der Waals surface area (Å²) in [6.45, 7) is 29.2. The second-order valence-corrected chi connectivity index (χ2v) is 25.7. The second-order valence-electron chi connectivity index (χ2n) is 25.7. The molecule has 0 spiro atoms. The molecule has 23 nitrogen and oxygen atoms in total. The number of carbonyl (C=O) groups is 11. The minimum absolute atomic E-state index is 0.0225. The van der Waals surface area contributed by atoms with Crippen molar-refractivity contribution in [2.75, 3.05) is 48.8 Å². The second kappa shape index (κ2) is 34.7. The largest absolute Gasteiger partial charge is 0.390 e. The summed E-state index contributed by atoms with van der Waals surface area (Å²) in [6, 6.07) is -12.4. The first-order chi connectivity index (χ1) is 38.8. The molecule has 6 N–H and O–H groups in total. The average molecular weight is 1190 g/mol. The fourth-order valence-electron chi connectivity index (χ4n) is 10.4. The van der Waals surface area contributed by atoms with Crippen molar-refractivity contribution in [3.8, 4) is 0 Å². The Kier molecular flexibility index (Phi) is 31.4. The molecule has 11 amide bonds. The number of nitrogens with one attached hydrogen (secondary N) is 5. The third-order valence-corrected chi connectivity index (χ3v) is 15.6. The molecular weight excluding hydrogens is 1080 g/mol. The van der Waals surface area contributed by atoms with Crippen molar-refractivity contribution in [3.63, 3.8) is 0 Å². The van der Waals surface area contributed by atoms with Crippen LogP contribution in [0, 0.1) is 41.4 Å². The minimum Gasteiger partial charge on any atom is -0.390 e. The van der Waals surface area contributed by atoms with Gasteiger partial charge in [-0.15, -0.1) is 0 Å². The van der Waals surface area contributed by atoms with Crippen LogP contribution in [0.25, 0.3) is 0 Å². The van der Waals surface area contributed by atoms with Crippen molar-refractivity contribution in [2.45, 2.75) is 223 Å². The molecule has 0 unspecified atom stereocenters. The smallest absolute Gasteiger partial charge is 0.246 e. The van der Waals surface area contributed by atoms with Crippen molar-refractivity contribution in [2.24, 2.45) is 41.4 Å². The van der Waals surface area contributed by atoms with E-state index >= 15 is 9.59 Å². The van der Waals surface area contributed by atoms with Gasteiger partial charge in [0.05, 0.1) is 12.6 Å². The van der Waals surface area contributed by atoms with Gasteiger partial charge >= 0.3 is 0 Å². The highest BCUT2D eigenvalue weighted by molar-refractivity contribution is 5.99. The zero-order valence-electron chi connectivity index (χ0n) is 55.1. The molecule has 0 aromatic carbocycles. The van der Waals surface area contributed by atoms with Crippen LogP contribution in [0.3, 0.4) is 0 Å². The van der Waals surface area contributed by atoms with Crippen LogP contribution in [0.15, 0.2) is 12.2 Å². The number of nitrogens with zero attached hydrogens (tertiary/aromatic N) is 6. The van der Waals surface area contributed by atoms with Crippen LogP contribution >= 0.6 is 0 Å². The Morgan fingerprint density at radius 3 is 1.38 bits per heavy atom. The molecule has 1 fully saturated rings. The van der Waals surface area contributed by atoms with E-state index in [1.807, 2.05) is 55.4 Å². The highest BCUT2D eigenvalue weighted by atomic mass is 16.3. The number of amides is 11. The van der Waals surface area contributed by atoms with Crippen LogP contribution in [0.4, 0.5) is 0 Å². The van der Waals surface area contributed by atoms with Gasteiger partial charge in [-0.25, -0.2) is 0 Å². The molecule has 0 aromatic rings. The third-order valence-electron chi connectivity index (χ3n) is 15.6. The first-order valence-corrected chi connectivity index (χ1v) is 30.2. The Labute approximate surface area is 502 Å². The lowest BCUT2D eigenvalue weighted by Gasteiger charge is -2.41. The molecule has 0 aromatic heterocycles. The summed E-state index contributed by atoms with van der Waals surface area (Å²) < 4.78 is 0. The van der Waals surface area contributed by atoms with E-state index in [0.29, 0.717) is 6.42 Å². The highest BCUT2D eigenvalue weighted by Crippen LogP contribution is 2.25. The first-order valence-electron chi connectivity index (χ1n) is 30.2. The van der Waals surface area contributed by atoms with E-state index in [4.69, 9.17) is 0 Å². The topological polar surface area (TPSA) is 288 Å². The van der Waals surface area contributed by atoms with E-state index in [9.17, 15) is 48.3 Å². The molecule has 1 aliphatic rings. The molecule has 1 aliphatic heterocycles. The fraction of sp³-hybridized carbons (Fsp3) is 0.787. The maximum atomic E-state index is 15.1. The van der Waals surface area contributed by atoms with Crippen LogP contribution in [-0.2, 0) is 52.7 Å². The monoisotopic (exact) mass is 1190 g/mol. The van der Waals surface area contributed by atoms with Gasteiger partial charge < -0.3 is 61.1 Å². The minimum atomic E-state index is -1.61. The van der Waals surface area contributed by atoms with E-state index in [1.165, 1.54) is 75.7 Å². The van der Waals surface area contributed by atoms with Gasteiger partial charge in [0.1, 0.15) is 60.4 Å². The van der Waals surface area contributed by atoms with Crippen LogP contribution in [0.2, 0.25) is 0 Å². The molecule has 1 rings (SSSR count). The Hall–Kier alpha value is -6.13. The predicted octanol–water partition coefficient (Wildman–Crippen LogP) is 2.93. The van der Waals surface area contributed by atoms with Crippen molar-refractivity contribution >= 4 is 65.0 Å². The van der Waals surface area contributed by atoms with Crippen molar-refractivity contribution in [3.05, 3.63) is 12.2 Å². The number of hydrogen-bond donors (Lipinski definition) is 6. The quantitative estimate of drug-likeness (QED) is 0.129. The number of hydrogen-bond acceptors (Lipinski definition) is 12. The summed E-state index contributed by atoms with van der Waals surface area (Å²) >= 11 is 0. The zero-order valence-corrected chi connectivity index (χ0v) is 55.1. The molecule has 12 atom stereocenters. The van der Waals surface area contributed by atoms with Gasteiger partial charge in [-0.1, -0.05) is 109 Å². The van der Waals surface area contributed by atoms with Gasteiger partial charge in [0.15, 0.2) is 0 Å². The predicted molar refractivity (Wildman–Crippen MR) is 324 cm³/mol. The Morgan fingerprint density at radius 1 is 0.464 bits per heavy atom. The normalized spacial score (nSPS) is 27.0. The van der Waals surface area contributed by atoms with Gasteiger partial charge in [-0.2, -0.15) is 0 Å². The van der Waals surface area contributed by atoms with E-state index in [-0.39, 0.29) is 55.8 Å². The van der Waals surface area contributed by atoms with Crippen LogP contribution in [0.1, 0.15) is 156 Å². The Morgan fingerprint density at radius 2 is 0.917 bits per heavy atom. The Balaban J connectivity index is 4.28. The first kappa shape index (κ1) is 75.9. The fourth-order valence-corrected chi connectivity index (χ4v) is 10.4. The maximum Gasteiger partial charge on any atom is 0.246 e. The molecule has 23 heteroatoms. The van der Waals surface area contributed by atoms with Crippen LogP contribution in [0.5, 0.6) is 0 Å². The number of rotatable bonds is 15. The van der Waals surface area contributed by atoms with Gasteiger partial charge in [-0.05, 0) is 101 Å². The number of allylic oxidation sites excluding steroid dienone is 2.